The van der Waals surface area contributed by atoms with Crippen LogP contribution >= 0.6 is 0 Å². The Morgan fingerprint density at radius 3 is 2.32 bits per heavy atom. The van der Waals surface area contributed by atoms with Crippen LogP contribution in [0.2, 0.25) is 0 Å². The first-order chi connectivity index (χ1) is 13.3. The minimum Gasteiger partial charge on any atom is -0.478 e. The summed E-state index contributed by atoms with van der Waals surface area (Å²) in [6, 6.07) is 20.8. The van der Waals surface area contributed by atoms with E-state index in [0.717, 1.165) is 16.7 Å². The van der Waals surface area contributed by atoms with E-state index in [1.807, 2.05) is 25.1 Å². The van der Waals surface area contributed by atoms with E-state index in [4.69, 9.17) is 5.11 Å². The highest BCUT2D eigenvalue weighted by atomic mass is 32.2. The molecule has 3 aromatic carbocycles. The molecule has 0 heterocycles. The Kier molecular flexibility index (Phi) is 5.80. The molecular formula is C22H21NO4S. The summed E-state index contributed by atoms with van der Waals surface area (Å²) in [6.07, 6.45) is 1.29. The van der Waals surface area contributed by atoms with Gasteiger partial charge >= 0.3 is 5.97 Å². The van der Waals surface area contributed by atoms with Gasteiger partial charge in [-0.3, -0.25) is 4.72 Å². The van der Waals surface area contributed by atoms with Crippen LogP contribution in [-0.4, -0.2) is 19.5 Å². The monoisotopic (exact) mass is 395 g/mol. The number of benzene rings is 3. The van der Waals surface area contributed by atoms with Crippen molar-refractivity contribution in [1.82, 2.24) is 0 Å². The topological polar surface area (TPSA) is 83.5 Å². The summed E-state index contributed by atoms with van der Waals surface area (Å²) in [5.74, 6) is -0.956. The first-order valence-corrected chi connectivity index (χ1v) is 10.3. The molecule has 0 fully saturated rings. The van der Waals surface area contributed by atoms with Crippen LogP contribution in [0.15, 0.2) is 77.7 Å². The number of rotatable bonds is 7. The van der Waals surface area contributed by atoms with Gasteiger partial charge in [0.1, 0.15) is 0 Å². The number of para-hydroxylation sites is 1. The summed E-state index contributed by atoms with van der Waals surface area (Å²) in [7, 11) is -3.67. The largest absolute Gasteiger partial charge is 0.478 e. The quantitative estimate of drug-likeness (QED) is 0.625. The van der Waals surface area contributed by atoms with Crippen LogP contribution < -0.4 is 4.72 Å². The standard InChI is InChI=1S/C22H21NO4S/c1-16-5-4-7-20(15-16)28(26,27)23-21-8-3-2-6-18(21)12-9-17-10-13-19(14-11-17)22(24)25/h2-8,10-11,13-15,23H,9,12H2,1H3,(H,24,25). The van der Waals surface area contributed by atoms with Crippen molar-refractivity contribution in [2.24, 2.45) is 0 Å². The number of carboxylic acids is 1. The van der Waals surface area contributed by atoms with E-state index in [1.165, 1.54) is 0 Å². The van der Waals surface area contributed by atoms with E-state index in [1.54, 1.807) is 54.6 Å². The van der Waals surface area contributed by atoms with Gasteiger partial charge < -0.3 is 5.11 Å². The fourth-order valence-electron chi connectivity index (χ4n) is 2.92. The summed E-state index contributed by atoms with van der Waals surface area (Å²) in [5.41, 5.74) is 3.53. The molecule has 3 aromatic rings. The van der Waals surface area contributed by atoms with Gasteiger partial charge in [0.15, 0.2) is 0 Å². The molecule has 0 aliphatic rings. The van der Waals surface area contributed by atoms with Gasteiger partial charge in [-0.2, -0.15) is 0 Å². The molecule has 0 aliphatic carbocycles. The number of hydrogen-bond donors (Lipinski definition) is 2. The number of carboxylic acid groups (broad SMARTS) is 1. The molecule has 6 heteroatoms. The molecule has 0 aliphatic heterocycles. The van der Waals surface area contributed by atoms with Crippen molar-refractivity contribution in [2.45, 2.75) is 24.7 Å². The maximum atomic E-state index is 12.7. The van der Waals surface area contributed by atoms with E-state index in [9.17, 15) is 13.2 Å². The van der Waals surface area contributed by atoms with E-state index in [2.05, 4.69) is 4.72 Å². The van der Waals surface area contributed by atoms with Crippen molar-refractivity contribution in [2.75, 3.05) is 4.72 Å². The zero-order valence-corrected chi connectivity index (χ0v) is 16.2. The number of hydrogen-bond acceptors (Lipinski definition) is 3. The van der Waals surface area contributed by atoms with Crippen molar-refractivity contribution >= 4 is 21.7 Å². The molecule has 3 rings (SSSR count). The Labute approximate surface area is 164 Å². The molecule has 0 spiro atoms. The highest BCUT2D eigenvalue weighted by Crippen LogP contribution is 2.22. The third-order valence-corrected chi connectivity index (χ3v) is 5.81. The van der Waals surface area contributed by atoms with Crippen molar-refractivity contribution in [3.05, 3.63) is 95.1 Å². The molecule has 144 valence electrons. The Morgan fingerprint density at radius 2 is 1.64 bits per heavy atom. The normalized spacial score (nSPS) is 11.2. The predicted molar refractivity (Wildman–Crippen MR) is 109 cm³/mol. The van der Waals surface area contributed by atoms with E-state index >= 15 is 0 Å². The molecule has 0 atom stereocenters. The third kappa shape index (κ3) is 4.78. The Balaban J connectivity index is 1.77. The molecule has 0 amide bonds. The van der Waals surface area contributed by atoms with Crippen LogP contribution in [0.4, 0.5) is 5.69 Å². The molecule has 0 saturated heterocycles. The van der Waals surface area contributed by atoms with Crippen molar-refractivity contribution < 1.29 is 18.3 Å². The Hall–Kier alpha value is -3.12. The van der Waals surface area contributed by atoms with Gasteiger partial charge in [0, 0.05) is 0 Å². The lowest BCUT2D eigenvalue weighted by Crippen LogP contribution is -2.14. The maximum Gasteiger partial charge on any atom is 0.335 e. The van der Waals surface area contributed by atoms with Crippen LogP contribution in [0, 0.1) is 6.92 Å². The van der Waals surface area contributed by atoms with Crippen LogP contribution in [0.3, 0.4) is 0 Å². The minimum absolute atomic E-state index is 0.228. The van der Waals surface area contributed by atoms with Crippen molar-refractivity contribution in [3.8, 4) is 0 Å². The molecule has 0 bridgehead atoms. The summed E-state index contributed by atoms with van der Waals surface area (Å²) in [6.45, 7) is 1.85. The van der Waals surface area contributed by atoms with Crippen LogP contribution in [0.1, 0.15) is 27.0 Å². The van der Waals surface area contributed by atoms with Gasteiger partial charge in [-0.05, 0) is 66.8 Å². The zero-order chi connectivity index (χ0) is 20.1. The molecule has 2 N–H and O–H groups in total. The number of carbonyl (C=O) groups is 1. The van der Waals surface area contributed by atoms with Gasteiger partial charge in [0.2, 0.25) is 0 Å². The predicted octanol–water partition coefficient (Wildman–Crippen LogP) is 4.28. The molecule has 0 radical (unpaired) electrons. The average molecular weight is 395 g/mol. The Morgan fingerprint density at radius 1 is 0.929 bits per heavy atom. The first kappa shape index (κ1) is 19.6. The second-order valence-electron chi connectivity index (χ2n) is 6.58. The lowest BCUT2D eigenvalue weighted by molar-refractivity contribution is 0.0697. The number of aromatic carboxylic acids is 1. The van der Waals surface area contributed by atoms with E-state index < -0.39 is 16.0 Å². The second kappa shape index (κ2) is 8.27. The molecule has 0 unspecified atom stereocenters. The average Bonchev–Trinajstić information content (AvgIpc) is 2.67. The summed E-state index contributed by atoms with van der Waals surface area (Å²) < 4.78 is 28.1. The highest BCUT2D eigenvalue weighted by Gasteiger charge is 2.16. The van der Waals surface area contributed by atoms with Gasteiger partial charge in [0.25, 0.3) is 10.0 Å². The Bertz CT molecular complexity index is 1090. The third-order valence-electron chi connectivity index (χ3n) is 4.45. The van der Waals surface area contributed by atoms with E-state index in [0.29, 0.717) is 18.5 Å². The zero-order valence-electron chi connectivity index (χ0n) is 15.4. The molecule has 0 aromatic heterocycles. The van der Waals surface area contributed by atoms with Gasteiger partial charge in [-0.25, -0.2) is 13.2 Å². The fourth-order valence-corrected chi connectivity index (χ4v) is 4.12. The van der Waals surface area contributed by atoms with Crippen molar-refractivity contribution in [3.63, 3.8) is 0 Å². The molecule has 28 heavy (non-hydrogen) atoms. The summed E-state index contributed by atoms with van der Waals surface area (Å²) >= 11 is 0. The lowest BCUT2D eigenvalue weighted by Gasteiger charge is -2.13. The second-order valence-corrected chi connectivity index (χ2v) is 8.26. The van der Waals surface area contributed by atoms with Gasteiger partial charge in [-0.1, -0.05) is 42.5 Å². The van der Waals surface area contributed by atoms with Gasteiger partial charge in [0.05, 0.1) is 16.1 Å². The summed E-state index contributed by atoms with van der Waals surface area (Å²) in [4.78, 5) is 11.2. The van der Waals surface area contributed by atoms with E-state index in [-0.39, 0.29) is 10.5 Å². The van der Waals surface area contributed by atoms with Crippen molar-refractivity contribution in [1.29, 1.82) is 0 Å². The number of anilines is 1. The number of nitrogens with one attached hydrogen (secondary N) is 1. The highest BCUT2D eigenvalue weighted by molar-refractivity contribution is 7.92. The molecular weight excluding hydrogens is 374 g/mol. The number of sulfonamides is 1. The van der Waals surface area contributed by atoms with Gasteiger partial charge in [-0.15, -0.1) is 0 Å². The lowest BCUT2D eigenvalue weighted by atomic mass is 10.0. The first-order valence-electron chi connectivity index (χ1n) is 8.85. The smallest absolute Gasteiger partial charge is 0.335 e. The molecule has 0 saturated carbocycles. The molecule has 5 nitrogen and oxygen atoms in total. The SMILES string of the molecule is Cc1cccc(S(=O)(=O)Nc2ccccc2CCc2ccc(C(=O)O)cc2)c1. The van der Waals surface area contributed by atoms with Crippen LogP contribution in [0.5, 0.6) is 0 Å². The van der Waals surface area contributed by atoms with Crippen LogP contribution in [0.25, 0.3) is 0 Å². The maximum absolute atomic E-state index is 12.7. The fraction of sp³-hybridized carbons (Fsp3) is 0.136. The van der Waals surface area contributed by atoms with Crippen LogP contribution in [-0.2, 0) is 22.9 Å². The summed E-state index contributed by atoms with van der Waals surface area (Å²) in [5, 5.41) is 8.97. The number of aryl methyl sites for hydroxylation is 3. The minimum atomic E-state index is -3.67.